The van der Waals surface area contributed by atoms with Crippen LogP contribution in [0.3, 0.4) is 0 Å². The van der Waals surface area contributed by atoms with Gasteiger partial charge in [0.05, 0.1) is 31.7 Å². The number of benzene rings is 1. The smallest absolute Gasteiger partial charge is 0.276 e. The molecule has 12 heteroatoms. The van der Waals surface area contributed by atoms with Crippen molar-refractivity contribution in [1.29, 1.82) is 0 Å². The predicted molar refractivity (Wildman–Crippen MR) is 94.5 cm³/mol. The lowest BCUT2D eigenvalue weighted by Crippen LogP contribution is -3.00. The molecule has 4 rings (SSSR count). The second kappa shape index (κ2) is 8.16. The molecule has 1 fully saturated rings. The summed E-state index contributed by atoms with van der Waals surface area (Å²) in [7, 11) is -2.37. The van der Waals surface area contributed by atoms with Crippen LogP contribution in [0.25, 0.3) is 0 Å². The maximum absolute atomic E-state index is 13.4. The Balaban J connectivity index is 0.00000240. The Morgan fingerprint density at radius 2 is 2.07 bits per heavy atom. The number of anilines is 1. The van der Waals surface area contributed by atoms with Gasteiger partial charge in [-0.15, -0.1) is 0 Å². The minimum atomic E-state index is -3.88. The second-order valence-corrected chi connectivity index (χ2v) is 8.61. The van der Waals surface area contributed by atoms with E-state index < -0.39 is 27.6 Å². The molecular formula is C17H19F2IN4O4S. The van der Waals surface area contributed by atoms with Crippen LogP contribution in [0.1, 0.15) is 10.5 Å². The van der Waals surface area contributed by atoms with E-state index in [0.717, 1.165) is 12.1 Å². The molecule has 0 spiro atoms. The van der Waals surface area contributed by atoms with Crippen molar-refractivity contribution in [2.24, 2.45) is 13.0 Å². The van der Waals surface area contributed by atoms with Crippen molar-refractivity contribution in [1.82, 2.24) is 9.29 Å². The Morgan fingerprint density at radius 1 is 1.31 bits per heavy atom. The highest BCUT2D eigenvalue weighted by Gasteiger charge is 2.40. The van der Waals surface area contributed by atoms with Gasteiger partial charge in [0, 0.05) is 25.0 Å². The van der Waals surface area contributed by atoms with E-state index in [1.165, 1.54) is 23.9 Å². The first-order chi connectivity index (χ1) is 13.3. The highest BCUT2D eigenvalue weighted by Crippen LogP contribution is 2.33. The number of nitrogens with two attached hydrogens (primary N) is 1. The predicted octanol–water partition coefficient (Wildman–Crippen LogP) is -3.21. The highest BCUT2D eigenvalue weighted by molar-refractivity contribution is 7.89. The van der Waals surface area contributed by atoms with E-state index in [-0.39, 0.29) is 64.6 Å². The van der Waals surface area contributed by atoms with Crippen molar-refractivity contribution in [3.05, 3.63) is 41.7 Å². The molecular weight excluding hydrogens is 521 g/mol. The molecule has 0 saturated carbocycles. The third kappa shape index (κ3) is 4.11. The lowest BCUT2D eigenvalue weighted by Gasteiger charge is -2.22. The monoisotopic (exact) mass is 540 g/mol. The molecule has 3 heterocycles. The van der Waals surface area contributed by atoms with Gasteiger partial charge < -0.3 is 43.9 Å². The van der Waals surface area contributed by atoms with Crippen molar-refractivity contribution in [2.75, 3.05) is 25.0 Å². The van der Waals surface area contributed by atoms with Crippen LogP contribution in [-0.2, 0) is 17.1 Å². The van der Waals surface area contributed by atoms with E-state index in [0.29, 0.717) is 13.1 Å². The van der Waals surface area contributed by atoms with Gasteiger partial charge in [-0.05, 0) is 12.1 Å². The summed E-state index contributed by atoms with van der Waals surface area (Å²) >= 11 is 0. The van der Waals surface area contributed by atoms with E-state index in [9.17, 15) is 22.0 Å². The van der Waals surface area contributed by atoms with Crippen molar-refractivity contribution in [2.45, 2.75) is 10.9 Å². The number of quaternary nitrogens is 1. The molecule has 1 amide bonds. The van der Waals surface area contributed by atoms with Crippen LogP contribution in [-0.4, -0.2) is 44.6 Å². The zero-order valence-corrected chi connectivity index (χ0v) is 18.3. The minimum Gasteiger partial charge on any atom is -1.00 e. The number of rotatable bonds is 2. The first-order valence-electron chi connectivity index (χ1n) is 8.69. The first-order valence-corrected chi connectivity index (χ1v) is 10.2. The third-order valence-electron chi connectivity index (χ3n) is 4.99. The van der Waals surface area contributed by atoms with Crippen LogP contribution < -0.4 is 44.1 Å². The molecule has 2 aliphatic rings. The maximum atomic E-state index is 13.4. The molecule has 0 unspecified atom stereocenters. The van der Waals surface area contributed by atoms with Gasteiger partial charge in [-0.3, -0.25) is 4.79 Å². The molecule has 0 bridgehead atoms. The molecule has 2 aromatic rings. The SMILES string of the molecule is Cn1cc2c(c1C(=O)Nc1ccc(F)c(F)c1)OC[C@@H]1C[NH2+]C[C@@H]1NS2(=O)=O.[I-]. The van der Waals surface area contributed by atoms with Crippen LogP contribution >= 0.6 is 0 Å². The minimum absolute atomic E-state index is 0. The maximum Gasteiger partial charge on any atom is 0.276 e. The molecule has 4 N–H and O–H groups in total. The van der Waals surface area contributed by atoms with Gasteiger partial charge >= 0.3 is 0 Å². The van der Waals surface area contributed by atoms with Crippen LogP contribution in [0, 0.1) is 17.6 Å². The number of amides is 1. The van der Waals surface area contributed by atoms with Crippen LogP contribution in [0.15, 0.2) is 29.3 Å². The fourth-order valence-corrected chi connectivity index (χ4v) is 5.07. The molecule has 0 aliphatic carbocycles. The summed E-state index contributed by atoms with van der Waals surface area (Å²) in [5, 5.41) is 4.45. The zero-order valence-electron chi connectivity index (χ0n) is 15.3. The number of carbonyl (C=O) groups is 1. The van der Waals surface area contributed by atoms with Gasteiger partial charge in [-0.1, -0.05) is 0 Å². The Bertz CT molecular complexity index is 1060. The molecule has 2 atom stereocenters. The van der Waals surface area contributed by atoms with Gasteiger partial charge in [0.2, 0.25) is 10.0 Å². The number of carbonyl (C=O) groups excluding carboxylic acids is 1. The van der Waals surface area contributed by atoms with E-state index >= 15 is 0 Å². The summed E-state index contributed by atoms with van der Waals surface area (Å²) in [6, 6.07) is 2.71. The molecule has 29 heavy (non-hydrogen) atoms. The summed E-state index contributed by atoms with van der Waals surface area (Å²) in [6.07, 6.45) is 1.30. The van der Waals surface area contributed by atoms with Gasteiger partial charge in [-0.25, -0.2) is 21.9 Å². The fourth-order valence-electron chi connectivity index (χ4n) is 3.56. The average Bonchev–Trinajstić information content (AvgIpc) is 3.18. The average molecular weight is 540 g/mol. The molecule has 0 radical (unpaired) electrons. The topological polar surface area (TPSA) is 106 Å². The Morgan fingerprint density at radius 3 is 2.79 bits per heavy atom. The molecule has 158 valence electrons. The number of ether oxygens (including phenoxy) is 1. The largest absolute Gasteiger partial charge is 1.00 e. The van der Waals surface area contributed by atoms with Crippen LogP contribution in [0.5, 0.6) is 5.75 Å². The standard InChI is InChI=1S/C17H18F2N4O4S.HI/c1-23-7-14-16(27-8-9-5-20-6-13(9)22-28(14,25)26)15(23)17(24)21-10-2-3-11(18)12(19)4-10;/h2-4,7,9,13,20,22H,5-6,8H2,1H3,(H,21,24);1H/t9-,13-;/m0./s1. The normalized spacial score (nSPS) is 22.3. The Hall–Kier alpha value is -1.77. The van der Waals surface area contributed by atoms with Gasteiger partial charge in [-0.2, -0.15) is 0 Å². The number of aromatic nitrogens is 1. The van der Waals surface area contributed by atoms with E-state index in [1.54, 1.807) is 0 Å². The molecule has 1 aromatic carbocycles. The fraction of sp³-hybridized carbons (Fsp3) is 0.353. The van der Waals surface area contributed by atoms with Gasteiger partial charge in [0.15, 0.2) is 23.1 Å². The second-order valence-electron chi connectivity index (χ2n) is 6.92. The summed E-state index contributed by atoms with van der Waals surface area (Å²) in [4.78, 5) is 12.6. The lowest BCUT2D eigenvalue weighted by atomic mass is 10.1. The number of nitrogens with one attached hydrogen (secondary N) is 2. The number of nitrogens with zero attached hydrogens (tertiary/aromatic N) is 1. The number of hydrogen-bond donors (Lipinski definition) is 3. The van der Waals surface area contributed by atoms with Crippen molar-refractivity contribution in [3.63, 3.8) is 0 Å². The quantitative estimate of drug-likeness (QED) is 0.349. The lowest BCUT2D eigenvalue weighted by molar-refractivity contribution is -0.638. The Kier molecular flexibility index (Phi) is 6.17. The summed E-state index contributed by atoms with van der Waals surface area (Å²) in [6.45, 7) is 1.59. The number of sulfonamides is 1. The molecule has 2 aliphatic heterocycles. The molecule has 8 nitrogen and oxygen atoms in total. The summed E-state index contributed by atoms with van der Waals surface area (Å²) in [5.41, 5.74) is 0.0154. The van der Waals surface area contributed by atoms with Gasteiger partial charge in [0.1, 0.15) is 4.90 Å². The van der Waals surface area contributed by atoms with Crippen molar-refractivity contribution in [3.8, 4) is 5.75 Å². The number of hydrogen-bond acceptors (Lipinski definition) is 4. The number of aryl methyl sites for hydroxylation is 1. The van der Waals surface area contributed by atoms with Gasteiger partial charge in [0.25, 0.3) is 5.91 Å². The zero-order chi connectivity index (χ0) is 20.1. The highest BCUT2D eigenvalue weighted by atomic mass is 127. The van der Waals surface area contributed by atoms with E-state index in [2.05, 4.69) is 10.0 Å². The van der Waals surface area contributed by atoms with Crippen LogP contribution in [0.2, 0.25) is 0 Å². The number of fused-ring (bicyclic) bond motifs is 2. The van der Waals surface area contributed by atoms with Crippen LogP contribution in [0.4, 0.5) is 14.5 Å². The Labute approximate surface area is 183 Å². The van der Waals surface area contributed by atoms with Crippen molar-refractivity contribution >= 4 is 21.6 Å². The summed E-state index contributed by atoms with van der Waals surface area (Å²) in [5.74, 6) is -2.91. The van der Waals surface area contributed by atoms with Crippen molar-refractivity contribution < 1.29 is 56.0 Å². The summed E-state index contributed by atoms with van der Waals surface area (Å²) < 4.78 is 61.8. The molecule has 1 aromatic heterocycles. The van der Waals surface area contributed by atoms with E-state index in [1.807, 2.05) is 5.32 Å². The first kappa shape index (κ1) is 21.9. The number of halogens is 3. The third-order valence-corrected chi connectivity index (χ3v) is 6.47. The molecule has 1 saturated heterocycles. The van der Waals surface area contributed by atoms with E-state index in [4.69, 9.17) is 4.74 Å².